The maximum Gasteiger partial charge on any atom is 0.186 e. The van der Waals surface area contributed by atoms with Crippen molar-refractivity contribution in [3.8, 4) is 0 Å². The number of hydrogen-bond acceptors (Lipinski definition) is 3. The first kappa shape index (κ1) is 12.7. The number of guanidine groups is 1. The molecule has 5 nitrogen and oxygen atoms in total. The summed E-state index contributed by atoms with van der Waals surface area (Å²) in [5.41, 5.74) is 11.6. The van der Waals surface area contributed by atoms with Crippen molar-refractivity contribution < 1.29 is 0 Å². The monoisotopic (exact) mass is 247 g/mol. The summed E-state index contributed by atoms with van der Waals surface area (Å²) in [7, 11) is 0. The molecular weight excluding hydrogens is 226 g/mol. The molecule has 5 heteroatoms. The van der Waals surface area contributed by atoms with Crippen LogP contribution in [0.5, 0.6) is 0 Å². The lowest BCUT2D eigenvalue weighted by molar-refractivity contribution is 0.436. The van der Waals surface area contributed by atoms with Gasteiger partial charge in [-0.3, -0.25) is 0 Å². The summed E-state index contributed by atoms with van der Waals surface area (Å²) in [6, 6.07) is 4.08. The first-order valence-electron chi connectivity index (χ1n) is 6.40. The Balaban J connectivity index is 1.97. The number of hydrogen-bond donors (Lipinski definition) is 2. The summed E-state index contributed by atoms with van der Waals surface area (Å²) in [5.74, 6) is 2.00. The molecule has 0 amide bonds. The molecule has 1 aliphatic heterocycles. The van der Waals surface area contributed by atoms with Gasteiger partial charge in [-0.25, -0.2) is 9.98 Å². The van der Waals surface area contributed by atoms with E-state index < -0.39 is 0 Å². The molecule has 4 N–H and O–H groups in total. The highest BCUT2D eigenvalue weighted by atomic mass is 15.2. The van der Waals surface area contributed by atoms with Crippen LogP contribution in [0.1, 0.15) is 25.3 Å². The highest BCUT2D eigenvalue weighted by Crippen LogP contribution is 2.21. The molecule has 2 heterocycles. The lowest BCUT2D eigenvalue weighted by Gasteiger charge is -2.31. The summed E-state index contributed by atoms with van der Waals surface area (Å²) in [4.78, 5) is 10.8. The third-order valence-corrected chi connectivity index (χ3v) is 3.36. The van der Waals surface area contributed by atoms with Crippen LogP contribution in [0.25, 0.3) is 0 Å². The van der Waals surface area contributed by atoms with Crippen LogP contribution in [0.2, 0.25) is 0 Å². The molecule has 0 aliphatic carbocycles. The molecule has 1 aromatic rings. The molecule has 98 valence electrons. The van der Waals surface area contributed by atoms with Crippen LogP contribution in [0.15, 0.2) is 23.3 Å². The smallest absolute Gasteiger partial charge is 0.186 e. The number of rotatable bonds is 3. The van der Waals surface area contributed by atoms with Crippen molar-refractivity contribution in [1.29, 1.82) is 0 Å². The summed E-state index contributed by atoms with van der Waals surface area (Å²) < 4.78 is 0. The zero-order chi connectivity index (χ0) is 13.0. The lowest BCUT2D eigenvalue weighted by atomic mass is 9.99. The van der Waals surface area contributed by atoms with E-state index in [1.807, 2.05) is 18.3 Å². The summed E-state index contributed by atoms with van der Waals surface area (Å²) in [6.07, 6.45) is 4.34. The summed E-state index contributed by atoms with van der Waals surface area (Å²) in [6.45, 7) is 5.00. The molecule has 1 fully saturated rings. The number of aliphatic imine (C=N–C) groups is 1. The Morgan fingerprint density at radius 3 is 2.67 bits per heavy atom. The van der Waals surface area contributed by atoms with E-state index in [-0.39, 0.29) is 5.96 Å². The number of pyridine rings is 1. The van der Waals surface area contributed by atoms with E-state index in [9.17, 15) is 0 Å². The zero-order valence-corrected chi connectivity index (χ0v) is 10.8. The van der Waals surface area contributed by atoms with Gasteiger partial charge in [0.15, 0.2) is 5.96 Å². The molecule has 0 bridgehead atoms. The van der Waals surface area contributed by atoms with E-state index in [2.05, 4.69) is 21.8 Å². The second-order valence-electron chi connectivity index (χ2n) is 4.94. The average Bonchev–Trinajstić information content (AvgIpc) is 2.38. The minimum Gasteiger partial charge on any atom is -0.370 e. The van der Waals surface area contributed by atoms with Gasteiger partial charge < -0.3 is 16.4 Å². The fourth-order valence-corrected chi connectivity index (χ4v) is 2.12. The van der Waals surface area contributed by atoms with Crippen LogP contribution in [0.3, 0.4) is 0 Å². The number of nitrogens with two attached hydrogens (primary N) is 2. The molecule has 0 spiro atoms. The third kappa shape index (κ3) is 3.35. The normalized spacial score (nSPS) is 16.6. The van der Waals surface area contributed by atoms with Crippen LogP contribution in [0.4, 0.5) is 5.82 Å². The summed E-state index contributed by atoms with van der Waals surface area (Å²) >= 11 is 0. The number of aromatic nitrogens is 1. The van der Waals surface area contributed by atoms with Gasteiger partial charge in [0.1, 0.15) is 5.82 Å². The fourth-order valence-electron chi connectivity index (χ4n) is 2.12. The quantitative estimate of drug-likeness (QED) is 0.619. The fraction of sp³-hybridized carbons (Fsp3) is 0.538. The Morgan fingerprint density at radius 1 is 1.39 bits per heavy atom. The predicted octanol–water partition coefficient (Wildman–Crippen LogP) is 1.09. The molecule has 2 rings (SSSR count). The van der Waals surface area contributed by atoms with Crippen molar-refractivity contribution in [2.24, 2.45) is 22.4 Å². The minimum absolute atomic E-state index is 0.115. The van der Waals surface area contributed by atoms with Crippen molar-refractivity contribution >= 4 is 11.8 Å². The molecule has 1 aliphatic rings. The first-order valence-corrected chi connectivity index (χ1v) is 6.40. The Morgan fingerprint density at radius 2 is 2.11 bits per heavy atom. The van der Waals surface area contributed by atoms with Crippen molar-refractivity contribution in [3.63, 3.8) is 0 Å². The first-order chi connectivity index (χ1) is 8.65. The van der Waals surface area contributed by atoms with E-state index in [1.54, 1.807) is 0 Å². The van der Waals surface area contributed by atoms with E-state index in [1.165, 1.54) is 12.8 Å². The van der Waals surface area contributed by atoms with Crippen LogP contribution in [-0.2, 0) is 6.54 Å². The Bertz CT molecular complexity index is 400. The van der Waals surface area contributed by atoms with Gasteiger partial charge in [0.05, 0.1) is 6.54 Å². The van der Waals surface area contributed by atoms with E-state index in [4.69, 9.17) is 11.5 Å². The van der Waals surface area contributed by atoms with Crippen molar-refractivity contribution in [1.82, 2.24) is 4.98 Å². The molecule has 0 unspecified atom stereocenters. The number of anilines is 1. The number of piperidine rings is 1. The van der Waals surface area contributed by atoms with Crippen LogP contribution >= 0.6 is 0 Å². The van der Waals surface area contributed by atoms with Gasteiger partial charge in [-0.2, -0.15) is 0 Å². The molecular formula is C13H21N5. The van der Waals surface area contributed by atoms with Gasteiger partial charge in [-0.05, 0) is 30.4 Å². The van der Waals surface area contributed by atoms with Crippen molar-refractivity contribution in [3.05, 3.63) is 23.9 Å². The molecule has 1 saturated heterocycles. The average molecular weight is 247 g/mol. The van der Waals surface area contributed by atoms with E-state index in [0.717, 1.165) is 30.4 Å². The molecule has 0 aromatic carbocycles. The molecule has 0 radical (unpaired) electrons. The highest BCUT2D eigenvalue weighted by molar-refractivity contribution is 5.75. The molecule has 0 atom stereocenters. The molecule has 0 saturated carbocycles. The van der Waals surface area contributed by atoms with Crippen LogP contribution in [0, 0.1) is 5.92 Å². The van der Waals surface area contributed by atoms with Gasteiger partial charge in [-0.15, -0.1) is 0 Å². The zero-order valence-electron chi connectivity index (χ0n) is 10.8. The van der Waals surface area contributed by atoms with Crippen LogP contribution in [-0.4, -0.2) is 24.0 Å². The maximum absolute atomic E-state index is 5.30. The Kier molecular flexibility index (Phi) is 4.02. The number of nitrogens with zero attached hydrogens (tertiary/aromatic N) is 3. The third-order valence-electron chi connectivity index (χ3n) is 3.36. The second-order valence-corrected chi connectivity index (χ2v) is 4.94. The Hall–Kier alpha value is -1.78. The molecule has 18 heavy (non-hydrogen) atoms. The summed E-state index contributed by atoms with van der Waals surface area (Å²) in [5, 5.41) is 0. The Labute approximate surface area is 108 Å². The van der Waals surface area contributed by atoms with E-state index in [0.29, 0.717) is 6.54 Å². The maximum atomic E-state index is 5.30. The van der Waals surface area contributed by atoms with Crippen molar-refractivity contribution in [2.75, 3.05) is 18.0 Å². The SMILES string of the molecule is CC1CCN(c2ccc(CN=C(N)N)cn2)CC1. The largest absolute Gasteiger partial charge is 0.370 e. The van der Waals surface area contributed by atoms with Crippen LogP contribution < -0.4 is 16.4 Å². The molecule has 1 aromatic heterocycles. The van der Waals surface area contributed by atoms with Gasteiger partial charge in [0.2, 0.25) is 0 Å². The predicted molar refractivity (Wildman–Crippen MR) is 74.4 cm³/mol. The van der Waals surface area contributed by atoms with E-state index >= 15 is 0 Å². The standard InChI is InChI=1S/C13H21N5/c1-10-4-6-18(7-5-10)12-3-2-11(8-16-12)9-17-13(14)15/h2-3,8,10H,4-7,9H2,1H3,(H4,14,15,17). The topological polar surface area (TPSA) is 80.5 Å². The second kappa shape index (κ2) is 5.71. The van der Waals surface area contributed by atoms with Gasteiger partial charge >= 0.3 is 0 Å². The minimum atomic E-state index is 0.115. The van der Waals surface area contributed by atoms with Gasteiger partial charge in [0.25, 0.3) is 0 Å². The van der Waals surface area contributed by atoms with Gasteiger partial charge in [-0.1, -0.05) is 13.0 Å². The van der Waals surface area contributed by atoms with Crippen molar-refractivity contribution in [2.45, 2.75) is 26.3 Å². The highest BCUT2D eigenvalue weighted by Gasteiger charge is 2.16. The lowest BCUT2D eigenvalue weighted by Crippen LogP contribution is -2.33. The van der Waals surface area contributed by atoms with Gasteiger partial charge in [0, 0.05) is 19.3 Å².